The van der Waals surface area contributed by atoms with Gasteiger partial charge in [-0.15, -0.1) is 11.3 Å². The molecule has 0 aliphatic rings. The lowest BCUT2D eigenvalue weighted by atomic mass is 10.1. The Balaban J connectivity index is 1.67. The molecule has 0 spiro atoms. The maximum atomic E-state index is 11.0. The van der Waals surface area contributed by atoms with E-state index in [4.69, 9.17) is 4.42 Å². The number of nitriles is 1. The molecule has 0 amide bonds. The topological polar surface area (TPSA) is 113 Å². The van der Waals surface area contributed by atoms with Gasteiger partial charge in [-0.3, -0.25) is 10.1 Å². The van der Waals surface area contributed by atoms with Crippen LogP contribution in [-0.2, 0) is 0 Å². The normalized spacial score (nSPS) is 11.6. The summed E-state index contributed by atoms with van der Waals surface area (Å²) in [5, 5.41) is 33.5. The minimum atomic E-state index is -0.493. The number of allylic oxidation sites excluding steroid dienone is 1. The first-order valence-electron chi connectivity index (χ1n) is 9.17. The van der Waals surface area contributed by atoms with E-state index in [1.54, 1.807) is 18.2 Å². The molecule has 7 nitrogen and oxygen atoms in total. The van der Waals surface area contributed by atoms with Crippen molar-refractivity contribution in [3.63, 3.8) is 0 Å². The molecule has 0 unspecified atom stereocenters. The third kappa shape index (κ3) is 4.08. The molecule has 31 heavy (non-hydrogen) atoms. The first kappa shape index (κ1) is 20.1. The third-order valence-corrected chi connectivity index (χ3v) is 5.45. The van der Waals surface area contributed by atoms with Gasteiger partial charge in [0.2, 0.25) is 0 Å². The van der Waals surface area contributed by atoms with Crippen molar-refractivity contribution in [1.82, 2.24) is 4.98 Å². The number of aliphatic hydroxyl groups is 1. The summed E-state index contributed by atoms with van der Waals surface area (Å²) in [6, 6.07) is 18.9. The molecule has 0 aliphatic heterocycles. The average Bonchev–Trinajstić information content (AvgIpc) is 3.45. The van der Waals surface area contributed by atoms with Crippen molar-refractivity contribution in [3.8, 4) is 28.7 Å². The zero-order chi connectivity index (χ0) is 22.0. The monoisotopic (exact) mass is 429 g/mol. The quantitative estimate of drug-likeness (QED) is 0.174. The molecule has 0 saturated carbocycles. The molecule has 0 saturated heterocycles. The Kier molecular flexibility index (Phi) is 5.35. The molecule has 1 N–H and O–H groups in total. The molecular weight excluding hydrogens is 414 g/mol. The Morgan fingerprint density at radius 2 is 1.94 bits per heavy atom. The van der Waals surface area contributed by atoms with Crippen molar-refractivity contribution in [3.05, 3.63) is 92.5 Å². The first-order valence-corrected chi connectivity index (χ1v) is 10.1. The Labute approximate surface area is 181 Å². The van der Waals surface area contributed by atoms with E-state index < -0.39 is 4.92 Å². The van der Waals surface area contributed by atoms with Crippen LogP contribution < -0.4 is 0 Å². The van der Waals surface area contributed by atoms with Gasteiger partial charge in [-0.25, -0.2) is 4.98 Å². The summed E-state index contributed by atoms with van der Waals surface area (Å²) in [5.74, 6) is 0.0659. The molecule has 4 aromatic rings. The number of rotatable bonds is 5. The van der Waals surface area contributed by atoms with Crippen molar-refractivity contribution >= 4 is 28.4 Å². The van der Waals surface area contributed by atoms with Crippen LogP contribution in [0.3, 0.4) is 0 Å². The summed E-state index contributed by atoms with van der Waals surface area (Å²) < 4.78 is 5.67. The molecule has 0 bridgehead atoms. The summed E-state index contributed by atoms with van der Waals surface area (Å²) >= 11 is 1.24. The van der Waals surface area contributed by atoms with Crippen LogP contribution in [0.2, 0.25) is 0 Å². The maximum Gasteiger partial charge on any atom is 0.270 e. The first-order chi connectivity index (χ1) is 15.0. The smallest absolute Gasteiger partial charge is 0.270 e. The van der Waals surface area contributed by atoms with Gasteiger partial charge in [-0.2, -0.15) is 5.26 Å². The van der Waals surface area contributed by atoms with Gasteiger partial charge in [0.25, 0.3) is 5.69 Å². The lowest BCUT2D eigenvalue weighted by Gasteiger charge is -2.00. The van der Waals surface area contributed by atoms with E-state index in [0.717, 1.165) is 11.1 Å². The molecule has 0 atom stereocenters. The van der Waals surface area contributed by atoms with E-state index >= 15 is 0 Å². The van der Waals surface area contributed by atoms with E-state index in [0.29, 0.717) is 22.0 Å². The summed E-state index contributed by atoms with van der Waals surface area (Å²) in [7, 11) is 0. The maximum absolute atomic E-state index is 11.0. The highest BCUT2D eigenvalue weighted by Crippen LogP contribution is 2.33. The van der Waals surface area contributed by atoms with Gasteiger partial charge in [0.05, 0.1) is 10.6 Å². The number of hydrogen-bond acceptors (Lipinski definition) is 7. The summed E-state index contributed by atoms with van der Waals surface area (Å²) in [5.41, 5.74) is 3.16. The highest BCUT2D eigenvalue weighted by molar-refractivity contribution is 7.11. The second-order valence-electron chi connectivity index (χ2n) is 6.71. The van der Waals surface area contributed by atoms with E-state index in [2.05, 4.69) is 4.98 Å². The Hall–Kier alpha value is -4.22. The lowest BCUT2D eigenvalue weighted by molar-refractivity contribution is -0.384. The van der Waals surface area contributed by atoms with Gasteiger partial charge in [-0.05, 0) is 19.1 Å². The predicted molar refractivity (Wildman–Crippen MR) is 118 cm³/mol. The Morgan fingerprint density at radius 1 is 1.16 bits per heavy atom. The summed E-state index contributed by atoms with van der Waals surface area (Å²) in [6.07, 6.45) is 0. The van der Waals surface area contributed by atoms with Crippen LogP contribution in [-0.4, -0.2) is 15.0 Å². The van der Waals surface area contributed by atoms with Crippen LogP contribution in [0.4, 0.5) is 5.69 Å². The molecule has 2 aromatic carbocycles. The van der Waals surface area contributed by atoms with Gasteiger partial charge >= 0.3 is 0 Å². The van der Waals surface area contributed by atoms with Crippen LogP contribution in [0.1, 0.15) is 16.3 Å². The van der Waals surface area contributed by atoms with E-state index in [-0.39, 0.29) is 22.8 Å². The standard InChI is InChI=1S/C23H15N3O4S/c1-14-5-7-15(8-6-14)19-13-31-23(25-19)18(12-24)22(27)21-10-9-20(30-21)16-3-2-4-17(11-16)26(28)29/h2-11,13,27H,1H3. The van der Waals surface area contributed by atoms with Crippen LogP contribution >= 0.6 is 11.3 Å². The Bertz CT molecular complexity index is 1340. The van der Waals surface area contributed by atoms with Crippen LogP contribution in [0, 0.1) is 28.4 Å². The average molecular weight is 429 g/mol. The number of aryl methyl sites for hydroxylation is 1. The van der Waals surface area contributed by atoms with E-state index in [1.807, 2.05) is 42.6 Å². The second kappa shape index (κ2) is 8.26. The molecule has 2 heterocycles. The SMILES string of the molecule is Cc1ccc(-c2csc(C(C#N)=C(O)c3ccc(-c4cccc([N+](=O)[O-])c4)o3)n2)cc1. The Morgan fingerprint density at radius 3 is 2.65 bits per heavy atom. The highest BCUT2D eigenvalue weighted by Gasteiger charge is 2.19. The summed E-state index contributed by atoms with van der Waals surface area (Å²) in [4.78, 5) is 15.0. The van der Waals surface area contributed by atoms with Crippen molar-refractivity contribution in [2.75, 3.05) is 0 Å². The number of hydrogen-bond donors (Lipinski definition) is 1. The van der Waals surface area contributed by atoms with E-state index in [1.165, 1.54) is 29.5 Å². The van der Waals surface area contributed by atoms with Crippen LogP contribution in [0.5, 0.6) is 0 Å². The number of thiazole rings is 1. The lowest BCUT2D eigenvalue weighted by Crippen LogP contribution is -1.89. The largest absolute Gasteiger partial charge is 0.503 e. The van der Waals surface area contributed by atoms with Crippen molar-refractivity contribution < 1.29 is 14.4 Å². The van der Waals surface area contributed by atoms with Gasteiger partial charge in [0.1, 0.15) is 22.4 Å². The molecule has 8 heteroatoms. The van der Waals surface area contributed by atoms with Crippen molar-refractivity contribution in [2.45, 2.75) is 6.92 Å². The molecule has 152 valence electrons. The zero-order valence-corrected chi connectivity index (χ0v) is 17.1. The van der Waals surface area contributed by atoms with Crippen molar-refractivity contribution in [1.29, 1.82) is 5.26 Å². The minimum absolute atomic E-state index is 0.0108. The van der Waals surface area contributed by atoms with Crippen LogP contribution in [0.15, 0.2) is 70.5 Å². The van der Waals surface area contributed by atoms with Crippen molar-refractivity contribution in [2.24, 2.45) is 0 Å². The minimum Gasteiger partial charge on any atom is -0.503 e. The number of nitro benzene ring substituents is 1. The molecule has 0 fully saturated rings. The third-order valence-electron chi connectivity index (χ3n) is 4.59. The number of benzene rings is 2. The van der Waals surface area contributed by atoms with Crippen LogP contribution in [0.25, 0.3) is 33.9 Å². The van der Waals surface area contributed by atoms with E-state index in [9.17, 15) is 20.5 Å². The predicted octanol–water partition coefficient (Wildman–Crippen LogP) is 6.24. The zero-order valence-electron chi connectivity index (χ0n) is 16.3. The number of aromatic nitrogens is 1. The number of non-ortho nitro benzene ring substituents is 1. The fourth-order valence-corrected chi connectivity index (χ4v) is 3.79. The second-order valence-corrected chi connectivity index (χ2v) is 7.57. The molecular formula is C23H15N3O4S. The number of aliphatic hydroxyl groups excluding tert-OH is 1. The van der Waals surface area contributed by atoms with Gasteiger partial charge in [-0.1, -0.05) is 42.0 Å². The highest BCUT2D eigenvalue weighted by atomic mass is 32.1. The fraction of sp³-hybridized carbons (Fsp3) is 0.0435. The molecule has 2 aromatic heterocycles. The summed E-state index contributed by atoms with van der Waals surface area (Å²) in [6.45, 7) is 2.00. The van der Waals surface area contributed by atoms with Gasteiger partial charge < -0.3 is 9.52 Å². The number of furan rings is 1. The number of nitrogens with zero attached hydrogens (tertiary/aromatic N) is 3. The molecule has 4 rings (SSSR count). The van der Waals surface area contributed by atoms with Gasteiger partial charge in [0.15, 0.2) is 11.5 Å². The molecule has 0 radical (unpaired) electrons. The van der Waals surface area contributed by atoms with Gasteiger partial charge in [0, 0.05) is 28.6 Å². The fourth-order valence-electron chi connectivity index (χ4n) is 2.96. The number of nitro groups is 1. The molecule has 0 aliphatic carbocycles.